The molecule has 0 aromatic rings. The van der Waals surface area contributed by atoms with Gasteiger partial charge in [0.05, 0.1) is 0 Å². The first-order chi connectivity index (χ1) is 13.4. The van der Waals surface area contributed by atoms with Crippen molar-refractivity contribution in [1.82, 2.24) is 0 Å². The van der Waals surface area contributed by atoms with Gasteiger partial charge < -0.3 is 0 Å². The van der Waals surface area contributed by atoms with Gasteiger partial charge in [0, 0.05) is 0 Å². The average molecular weight is 604 g/mol. The fraction of sp³-hybridized carbons (Fsp3) is 1.00. The Balaban J connectivity index is 1.49. The molecule has 0 spiro atoms. The molecule has 0 aromatic heterocycles. The molecule has 4 aliphatic carbocycles. The van der Waals surface area contributed by atoms with Crippen LogP contribution in [-0.4, -0.2) is 36.8 Å². The van der Waals surface area contributed by atoms with E-state index in [0.717, 1.165) is 0 Å². The van der Waals surface area contributed by atoms with Crippen molar-refractivity contribution < 1.29 is 0 Å². The molecule has 0 amide bonds. The van der Waals surface area contributed by atoms with Crippen molar-refractivity contribution in [2.24, 2.45) is 0 Å². The molecule has 0 aromatic carbocycles. The molecule has 0 atom stereocenters. The Kier molecular flexibility index (Phi) is 9.93. The molecule has 0 aliphatic heterocycles. The second kappa shape index (κ2) is 12.1. The van der Waals surface area contributed by atoms with Crippen LogP contribution in [0.15, 0.2) is 0 Å². The first-order valence-corrected chi connectivity index (χ1v) is 29.7. The Morgan fingerprint density at radius 2 is 0.556 bits per heavy atom. The van der Waals surface area contributed by atoms with Crippen LogP contribution in [0.25, 0.3) is 0 Å². The molecule has 0 saturated heterocycles. The van der Waals surface area contributed by atoms with E-state index >= 15 is 0 Å². The van der Waals surface area contributed by atoms with Gasteiger partial charge in [-0.25, -0.2) is 0 Å². The quantitative estimate of drug-likeness (QED) is 0.274. The van der Waals surface area contributed by atoms with Crippen molar-refractivity contribution in [3.63, 3.8) is 0 Å². The van der Waals surface area contributed by atoms with Crippen molar-refractivity contribution in [2.45, 2.75) is 144 Å². The van der Waals surface area contributed by atoms with Gasteiger partial charge in [0.2, 0.25) is 0 Å². The van der Waals surface area contributed by atoms with Crippen LogP contribution in [0.1, 0.15) is 128 Å². The molecule has 0 bridgehead atoms. The zero-order valence-corrected chi connectivity index (χ0v) is 25.4. The summed E-state index contributed by atoms with van der Waals surface area (Å²) >= 11 is -2.92. The van der Waals surface area contributed by atoms with Crippen LogP contribution in [-0.2, 0) is 0 Å². The van der Waals surface area contributed by atoms with Crippen LogP contribution in [0.3, 0.4) is 0 Å². The van der Waals surface area contributed by atoms with Crippen molar-refractivity contribution in [3.8, 4) is 0 Å². The second-order valence-corrected chi connectivity index (χ2v) is 52.3. The van der Waals surface area contributed by atoms with E-state index in [0.29, 0.717) is 0 Å². The summed E-state index contributed by atoms with van der Waals surface area (Å²) in [7, 11) is 0. The predicted molar refractivity (Wildman–Crippen MR) is 129 cm³/mol. The van der Waals surface area contributed by atoms with Gasteiger partial charge in [0.1, 0.15) is 0 Å². The molecule has 4 rings (SSSR count). The Bertz CT molecular complexity index is 331. The van der Waals surface area contributed by atoms with Crippen LogP contribution < -0.4 is 0 Å². The average Bonchev–Trinajstić information content (AvgIpc) is 2.77. The third-order valence-electron chi connectivity index (χ3n) is 8.77. The van der Waals surface area contributed by atoms with E-state index < -0.39 is 36.8 Å². The summed E-state index contributed by atoms with van der Waals surface area (Å²) in [5, 5.41) is 0. The van der Waals surface area contributed by atoms with E-state index in [-0.39, 0.29) is 0 Å². The van der Waals surface area contributed by atoms with Gasteiger partial charge in [-0.3, -0.25) is 0 Å². The molecule has 0 unspecified atom stereocenters. The van der Waals surface area contributed by atoms with Crippen LogP contribution in [0, 0.1) is 0 Å². The molecule has 27 heavy (non-hydrogen) atoms. The van der Waals surface area contributed by atoms with Crippen molar-refractivity contribution in [3.05, 3.63) is 0 Å². The predicted octanol–water partition coefficient (Wildman–Crippen LogP) is 8.50. The molecule has 0 heterocycles. The summed E-state index contributed by atoms with van der Waals surface area (Å²) in [4.78, 5) is 0. The molecule has 3 heteroatoms. The zero-order valence-electron chi connectivity index (χ0n) is 18.0. The number of hydrogen-bond acceptors (Lipinski definition) is 1. The summed E-state index contributed by atoms with van der Waals surface area (Å²) < 4.78 is 5.33. The van der Waals surface area contributed by atoms with Gasteiger partial charge in [-0.1, -0.05) is 0 Å². The Morgan fingerprint density at radius 3 is 0.778 bits per heavy atom. The maximum absolute atomic E-state index is 3.04. The summed E-state index contributed by atoms with van der Waals surface area (Å²) in [5.41, 5.74) is 0. The van der Waals surface area contributed by atoms with E-state index in [1.807, 2.05) is 0 Å². The molecule has 4 fully saturated rings. The van der Waals surface area contributed by atoms with Gasteiger partial charge in [-0.15, -0.1) is 0 Å². The van der Waals surface area contributed by atoms with Gasteiger partial charge >= 0.3 is 187 Å². The monoisotopic (exact) mass is 606 g/mol. The molecule has 0 nitrogen and oxygen atoms in total. The maximum atomic E-state index is 3.04. The minimum absolute atomic E-state index is 1.33. The van der Waals surface area contributed by atoms with Gasteiger partial charge in [-0.05, 0) is 0 Å². The molecular weight excluding hydrogens is 558 g/mol. The fourth-order valence-electron chi connectivity index (χ4n) is 7.25. The van der Waals surface area contributed by atoms with Crippen LogP contribution >= 0.6 is 6.13 Å². The standard InChI is InChI=1S/4C6H11.S.2Sn.2H/c4*1-2-4-6-5-3-1;;;;;/h4*1H,2-6H2;;;;;. The van der Waals surface area contributed by atoms with Gasteiger partial charge in [0.25, 0.3) is 0 Å². The van der Waals surface area contributed by atoms with Crippen molar-refractivity contribution >= 4 is 42.9 Å². The minimum atomic E-state index is -1.46. The number of hydrogen-bond donors (Lipinski definition) is 0. The molecule has 156 valence electrons. The Morgan fingerprint density at radius 1 is 0.333 bits per heavy atom. The normalized spacial score (nSPS) is 28.2. The molecule has 0 radical (unpaired) electrons. The fourth-order valence-corrected chi connectivity index (χ4v) is 116. The molecule has 0 N–H and O–H groups in total. The van der Waals surface area contributed by atoms with Crippen molar-refractivity contribution in [2.75, 3.05) is 0 Å². The van der Waals surface area contributed by atoms with E-state index in [1.165, 1.54) is 15.7 Å². The van der Waals surface area contributed by atoms with E-state index in [9.17, 15) is 0 Å². The third kappa shape index (κ3) is 6.47. The molecule has 4 aliphatic rings. The summed E-state index contributed by atoms with van der Waals surface area (Å²) in [5.74, 6) is 0. The first kappa shape index (κ1) is 22.2. The van der Waals surface area contributed by atoms with E-state index in [4.69, 9.17) is 0 Å². The number of rotatable bonds is 6. The van der Waals surface area contributed by atoms with Crippen LogP contribution in [0.4, 0.5) is 0 Å². The van der Waals surface area contributed by atoms with E-state index in [1.54, 1.807) is 128 Å². The molecular formula is C24H46SSn2. The van der Waals surface area contributed by atoms with Gasteiger partial charge in [-0.2, -0.15) is 0 Å². The van der Waals surface area contributed by atoms with E-state index in [2.05, 4.69) is 6.13 Å². The topological polar surface area (TPSA) is 0 Å². The second-order valence-electron chi connectivity index (χ2n) is 10.7. The Hall–Kier alpha value is 1.95. The van der Waals surface area contributed by atoms with Crippen molar-refractivity contribution in [1.29, 1.82) is 0 Å². The third-order valence-corrected chi connectivity index (χ3v) is 79.4. The summed E-state index contributed by atoms with van der Waals surface area (Å²) in [6, 6.07) is 0. The zero-order chi connectivity index (χ0) is 18.3. The van der Waals surface area contributed by atoms with Crippen LogP contribution in [0.5, 0.6) is 0 Å². The Labute approximate surface area is 185 Å². The summed E-state index contributed by atoms with van der Waals surface area (Å²) in [6.07, 6.45) is 35.7. The SMILES string of the molecule is C1CC[CH]([SnH]([S][SnH]([CH]2CCCCC2)[CH]2CCCCC2)[CH]2CCCCC2)CC1. The van der Waals surface area contributed by atoms with Crippen LogP contribution in [0.2, 0.25) is 15.7 Å². The molecule has 4 saturated carbocycles. The summed E-state index contributed by atoms with van der Waals surface area (Å²) in [6.45, 7) is 0. The first-order valence-electron chi connectivity index (χ1n) is 13.1. The van der Waals surface area contributed by atoms with Gasteiger partial charge in [0.15, 0.2) is 0 Å².